The lowest BCUT2D eigenvalue weighted by Crippen LogP contribution is -2.43. The number of aromatic nitrogens is 1. The second kappa shape index (κ2) is 7.16. The van der Waals surface area contributed by atoms with E-state index in [1.807, 2.05) is 6.07 Å². The molecule has 6 nitrogen and oxygen atoms in total. The lowest BCUT2D eigenvalue weighted by Gasteiger charge is -2.16. The molecule has 0 saturated heterocycles. The van der Waals surface area contributed by atoms with Gasteiger partial charge in [-0.25, -0.2) is 5.84 Å². The number of benzene rings is 1. The standard InChI is InChI=1S/C15H16N4O2/c16-19(11-12-6-8-17-9-7-12)14(20)10-18-15(21)13-4-2-1-3-5-13/h1-9H,10-11,16H2,(H,18,21). The highest BCUT2D eigenvalue weighted by atomic mass is 16.2. The highest BCUT2D eigenvalue weighted by Gasteiger charge is 2.12. The number of nitrogens with two attached hydrogens (primary N) is 1. The van der Waals surface area contributed by atoms with Gasteiger partial charge in [-0.1, -0.05) is 18.2 Å². The predicted octanol–water partition coefficient (Wildman–Crippen LogP) is 0.714. The number of rotatable bonds is 5. The minimum absolute atomic E-state index is 0.144. The summed E-state index contributed by atoms with van der Waals surface area (Å²) in [5.41, 5.74) is 1.37. The molecule has 0 saturated carbocycles. The van der Waals surface area contributed by atoms with Crippen molar-refractivity contribution in [1.82, 2.24) is 15.3 Å². The van der Waals surface area contributed by atoms with Gasteiger partial charge in [-0.05, 0) is 29.8 Å². The summed E-state index contributed by atoms with van der Waals surface area (Å²) in [6.45, 7) is 0.123. The van der Waals surface area contributed by atoms with Crippen molar-refractivity contribution in [2.45, 2.75) is 6.54 Å². The number of pyridine rings is 1. The molecule has 0 unspecified atom stereocenters. The minimum Gasteiger partial charge on any atom is -0.343 e. The monoisotopic (exact) mass is 284 g/mol. The number of amides is 2. The van der Waals surface area contributed by atoms with E-state index in [9.17, 15) is 9.59 Å². The van der Waals surface area contributed by atoms with Crippen LogP contribution in [0.1, 0.15) is 15.9 Å². The quantitative estimate of drug-likeness (QED) is 0.481. The molecule has 0 atom stereocenters. The Hall–Kier alpha value is -2.73. The number of carbonyl (C=O) groups is 2. The Morgan fingerprint density at radius 2 is 1.76 bits per heavy atom. The van der Waals surface area contributed by atoms with Crippen molar-refractivity contribution < 1.29 is 9.59 Å². The number of nitrogens with zero attached hydrogens (tertiary/aromatic N) is 2. The molecule has 21 heavy (non-hydrogen) atoms. The summed E-state index contributed by atoms with van der Waals surface area (Å²) in [5, 5.41) is 3.61. The summed E-state index contributed by atoms with van der Waals surface area (Å²) in [4.78, 5) is 27.5. The van der Waals surface area contributed by atoms with Crippen molar-refractivity contribution >= 4 is 11.8 Å². The normalized spacial score (nSPS) is 9.95. The first-order valence-corrected chi connectivity index (χ1v) is 6.44. The summed E-state index contributed by atoms with van der Waals surface area (Å²) in [6.07, 6.45) is 3.26. The third-order valence-electron chi connectivity index (χ3n) is 2.86. The molecule has 108 valence electrons. The molecular formula is C15H16N4O2. The molecule has 0 aliphatic heterocycles. The second-order valence-electron chi connectivity index (χ2n) is 4.43. The van der Waals surface area contributed by atoms with Crippen LogP contribution in [-0.4, -0.2) is 28.4 Å². The lowest BCUT2D eigenvalue weighted by molar-refractivity contribution is -0.131. The van der Waals surface area contributed by atoms with Crippen molar-refractivity contribution in [2.24, 2.45) is 5.84 Å². The third-order valence-corrected chi connectivity index (χ3v) is 2.86. The summed E-state index contributed by atoms with van der Waals surface area (Å²) in [6, 6.07) is 12.2. The van der Waals surface area contributed by atoms with Gasteiger partial charge in [0.25, 0.3) is 11.8 Å². The van der Waals surface area contributed by atoms with Crippen LogP contribution in [-0.2, 0) is 11.3 Å². The summed E-state index contributed by atoms with van der Waals surface area (Å²) in [7, 11) is 0. The molecular weight excluding hydrogens is 268 g/mol. The number of hydrogen-bond acceptors (Lipinski definition) is 4. The highest BCUT2D eigenvalue weighted by Crippen LogP contribution is 2.00. The average Bonchev–Trinajstić information content (AvgIpc) is 2.54. The first kappa shape index (κ1) is 14.7. The van der Waals surface area contributed by atoms with E-state index in [2.05, 4.69) is 10.3 Å². The van der Waals surface area contributed by atoms with Gasteiger partial charge in [0.2, 0.25) is 0 Å². The van der Waals surface area contributed by atoms with Crippen molar-refractivity contribution in [3.05, 3.63) is 66.0 Å². The van der Waals surface area contributed by atoms with Crippen LogP contribution in [0.5, 0.6) is 0 Å². The largest absolute Gasteiger partial charge is 0.343 e. The maximum Gasteiger partial charge on any atom is 0.256 e. The Morgan fingerprint density at radius 1 is 1.10 bits per heavy atom. The zero-order valence-electron chi connectivity index (χ0n) is 11.4. The zero-order valence-corrected chi connectivity index (χ0v) is 11.4. The van der Waals surface area contributed by atoms with Gasteiger partial charge >= 0.3 is 0 Å². The molecule has 0 aliphatic rings. The number of hydrogen-bond donors (Lipinski definition) is 2. The van der Waals surface area contributed by atoms with Gasteiger partial charge < -0.3 is 5.32 Å². The van der Waals surface area contributed by atoms with E-state index in [0.717, 1.165) is 10.6 Å². The van der Waals surface area contributed by atoms with Gasteiger partial charge in [0, 0.05) is 18.0 Å². The Kier molecular flexibility index (Phi) is 5.00. The summed E-state index contributed by atoms with van der Waals surface area (Å²) < 4.78 is 0. The Balaban J connectivity index is 1.83. The topological polar surface area (TPSA) is 88.3 Å². The Labute approximate surface area is 122 Å². The maximum absolute atomic E-state index is 11.9. The molecule has 1 aromatic carbocycles. The Bertz CT molecular complexity index is 602. The smallest absolute Gasteiger partial charge is 0.256 e. The molecule has 0 radical (unpaired) electrons. The molecule has 1 heterocycles. The van der Waals surface area contributed by atoms with Crippen LogP contribution >= 0.6 is 0 Å². The van der Waals surface area contributed by atoms with Gasteiger partial charge in [-0.15, -0.1) is 0 Å². The SMILES string of the molecule is NN(Cc1ccncc1)C(=O)CNC(=O)c1ccccc1. The van der Waals surface area contributed by atoms with E-state index < -0.39 is 0 Å². The fourth-order valence-electron chi connectivity index (χ4n) is 1.72. The molecule has 0 bridgehead atoms. The third kappa shape index (κ3) is 4.39. The van der Waals surface area contributed by atoms with E-state index in [-0.39, 0.29) is 24.9 Å². The van der Waals surface area contributed by atoms with E-state index in [1.165, 1.54) is 0 Å². The number of nitrogens with one attached hydrogen (secondary N) is 1. The zero-order chi connectivity index (χ0) is 15.1. The van der Waals surface area contributed by atoms with Gasteiger partial charge in [0.15, 0.2) is 0 Å². The summed E-state index contributed by atoms with van der Waals surface area (Å²) in [5.74, 6) is 5.02. The fourth-order valence-corrected chi connectivity index (χ4v) is 1.72. The minimum atomic E-state index is -0.365. The van der Waals surface area contributed by atoms with Gasteiger partial charge in [-0.3, -0.25) is 19.6 Å². The van der Waals surface area contributed by atoms with Gasteiger partial charge in [0.05, 0.1) is 13.1 Å². The number of carbonyl (C=O) groups excluding carboxylic acids is 2. The van der Waals surface area contributed by atoms with Crippen molar-refractivity contribution in [2.75, 3.05) is 6.54 Å². The molecule has 3 N–H and O–H groups in total. The summed E-state index contributed by atoms with van der Waals surface area (Å²) >= 11 is 0. The van der Waals surface area contributed by atoms with Crippen LogP contribution in [0.4, 0.5) is 0 Å². The van der Waals surface area contributed by atoms with Gasteiger partial charge in [0.1, 0.15) is 0 Å². The first-order valence-electron chi connectivity index (χ1n) is 6.44. The van der Waals surface area contributed by atoms with Crippen LogP contribution in [0.25, 0.3) is 0 Å². The maximum atomic E-state index is 11.9. The van der Waals surface area contributed by atoms with E-state index >= 15 is 0 Å². The predicted molar refractivity (Wildman–Crippen MR) is 77.7 cm³/mol. The first-order chi connectivity index (χ1) is 10.2. The molecule has 0 aliphatic carbocycles. The molecule has 2 aromatic rings. The second-order valence-corrected chi connectivity index (χ2v) is 4.43. The molecule has 2 rings (SSSR count). The van der Waals surface area contributed by atoms with Crippen LogP contribution in [0.2, 0.25) is 0 Å². The molecule has 6 heteroatoms. The fraction of sp³-hybridized carbons (Fsp3) is 0.133. The van der Waals surface area contributed by atoms with Crippen LogP contribution in [0.15, 0.2) is 54.9 Å². The average molecular weight is 284 g/mol. The van der Waals surface area contributed by atoms with E-state index in [1.54, 1.807) is 48.8 Å². The number of hydrazine groups is 1. The van der Waals surface area contributed by atoms with Crippen LogP contribution in [0.3, 0.4) is 0 Å². The van der Waals surface area contributed by atoms with E-state index in [4.69, 9.17) is 5.84 Å². The molecule has 0 fully saturated rings. The van der Waals surface area contributed by atoms with Crippen LogP contribution < -0.4 is 11.2 Å². The van der Waals surface area contributed by atoms with Crippen molar-refractivity contribution in [3.8, 4) is 0 Å². The highest BCUT2D eigenvalue weighted by molar-refractivity contribution is 5.96. The molecule has 0 spiro atoms. The van der Waals surface area contributed by atoms with Crippen molar-refractivity contribution in [3.63, 3.8) is 0 Å². The lowest BCUT2D eigenvalue weighted by atomic mass is 10.2. The van der Waals surface area contributed by atoms with Crippen molar-refractivity contribution in [1.29, 1.82) is 0 Å². The van der Waals surface area contributed by atoms with Crippen LogP contribution in [0, 0.1) is 0 Å². The molecule has 2 amide bonds. The van der Waals surface area contributed by atoms with Gasteiger partial charge in [-0.2, -0.15) is 0 Å². The van der Waals surface area contributed by atoms with E-state index in [0.29, 0.717) is 5.56 Å². The molecule has 1 aromatic heterocycles. The Morgan fingerprint density at radius 3 is 2.43 bits per heavy atom.